The van der Waals surface area contributed by atoms with Gasteiger partial charge in [0, 0.05) is 6.61 Å². The van der Waals surface area contributed by atoms with E-state index < -0.39 is 0 Å². The van der Waals surface area contributed by atoms with Crippen LogP contribution < -0.4 is 10.5 Å². The Kier molecular flexibility index (Phi) is 5.02. The van der Waals surface area contributed by atoms with Gasteiger partial charge in [0.15, 0.2) is 0 Å². The smallest absolute Gasteiger partial charge is 0.119 e. The Bertz CT molecular complexity index is 363. The van der Waals surface area contributed by atoms with Gasteiger partial charge in [0.25, 0.3) is 0 Å². The van der Waals surface area contributed by atoms with E-state index in [1.54, 1.807) is 7.11 Å². The van der Waals surface area contributed by atoms with Crippen molar-refractivity contribution in [3.8, 4) is 5.75 Å². The molecule has 0 heterocycles. The highest BCUT2D eigenvalue weighted by Crippen LogP contribution is 2.29. The topological polar surface area (TPSA) is 44.5 Å². The molecule has 2 N–H and O–H groups in total. The van der Waals surface area contributed by atoms with E-state index >= 15 is 0 Å². The number of benzene rings is 1. The van der Waals surface area contributed by atoms with Crippen LogP contribution in [0.15, 0.2) is 24.3 Å². The minimum atomic E-state index is -0.0681. The summed E-state index contributed by atoms with van der Waals surface area (Å²) in [6, 6.07) is 7.81. The highest BCUT2D eigenvalue weighted by molar-refractivity contribution is 5.30. The SMILES string of the molecule is COc1cccc(C(N)COCCC2CCC2)c1. The fourth-order valence-electron chi connectivity index (χ4n) is 2.21. The molecule has 2 rings (SSSR count). The number of hydrogen-bond donors (Lipinski definition) is 1. The second kappa shape index (κ2) is 6.76. The van der Waals surface area contributed by atoms with Crippen molar-refractivity contribution < 1.29 is 9.47 Å². The molecule has 0 aliphatic heterocycles. The fourth-order valence-corrected chi connectivity index (χ4v) is 2.21. The standard InChI is InChI=1S/C15H23NO2/c1-17-14-7-3-6-13(10-14)15(16)11-18-9-8-12-4-2-5-12/h3,6-7,10,12,15H,2,4-5,8-9,11,16H2,1H3. The van der Waals surface area contributed by atoms with Gasteiger partial charge in [-0.05, 0) is 30.0 Å². The summed E-state index contributed by atoms with van der Waals surface area (Å²) in [5.41, 5.74) is 7.17. The van der Waals surface area contributed by atoms with Gasteiger partial charge in [-0.25, -0.2) is 0 Å². The third-order valence-electron chi connectivity index (χ3n) is 3.71. The molecule has 100 valence electrons. The van der Waals surface area contributed by atoms with E-state index in [4.69, 9.17) is 15.2 Å². The first-order valence-electron chi connectivity index (χ1n) is 6.77. The largest absolute Gasteiger partial charge is 0.497 e. The quantitative estimate of drug-likeness (QED) is 0.756. The second-order valence-corrected chi connectivity index (χ2v) is 5.04. The summed E-state index contributed by atoms with van der Waals surface area (Å²) in [5.74, 6) is 1.75. The predicted octanol–water partition coefficient (Wildman–Crippen LogP) is 2.90. The Morgan fingerprint density at radius 1 is 1.39 bits per heavy atom. The molecule has 0 bridgehead atoms. The summed E-state index contributed by atoms with van der Waals surface area (Å²) in [4.78, 5) is 0. The number of methoxy groups -OCH3 is 1. The summed E-state index contributed by atoms with van der Waals surface area (Å²) < 4.78 is 10.9. The van der Waals surface area contributed by atoms with Crippen molar-refractivity contribution in [2.24, 2.45) is 11.7 Å². The van der Waals surface area contributed by atoms with Crippen LogP contribution in [-0.4, -0.2) is 20.3 Å². The lowest BCUT2D eigenvalue weighted by Crippen LogP contribution is -2.19. The van der Waals surface area contributed by atoms with Crippen LogP contribution in [0, 0.1) is 5.92 Å². The van der Waals surface area contributed by atoms with Gasteiger partial charge in [-0.3, -0.25) is 0 Å². The van der Waals surface area contributed by atoms with Crippen LogP contribution >= 0.6 is 0 Å². The normalized spacial score (nSPS) is 17.2. The van der Waals surface area contributed by atoms with Crippen molar-refractivity contribution in [2.45, 2.75) is 31.7 Å². The van der Waals surface area contributed by atoms with Gasteiger partial charge >= 0.3 is 0 Å². The van der Waals surface area contributed by atoms with Crippen molar-refractivity contribution in [1.82, 2.24) is 0 Å². The van der Waals surface area contributed by atoms with Gasteiger partial charge in [0.2, 0.25) is 0 Å². The number of rotatable bonds is 7. The molecule has 0 radical (unpaired) electrons. The highest BCUT2D eigenvalue weighted by Gasteiger charge is 2.16. The summed E-state index contributed by atoms with van der Waals surface area (Å²) in [7, 11) is 1.67. The molecule has 3 heteroatoms. The van der Waals surface area contributed by atoms with Crippen LogP contribution in [0.1, 0.15) is 37.3 Å². The van der Waals surface area contributed by atoms with Gasteiger partial charge in [-0.1, -0.05) is 31.4 Å². The molecule has 1 aromatic rings. The summed E-state index contributed by atoms with van der Waals surface area (Å²) >= 11 is 0. The van der Waals surface area contributed by atoms with Gasteiger partial charge < -0.3 is 15.2 Å². The molecule has 0 spiro atoms. The lowest BCUT2D eigenvalue weighted by Gasteiger charge is -2.25. The van der Waals surface area contributed by atoms with Crippen LogP contribution in [0.4, 0.5) is 0 Å². The van der Waals surface area contributed by atoms with Gasteiger partial charge in [0.05, 0.1) is 19.8 Å². The monoisotopic (exact) mass is 249 g/mol. The van der Waals surface area contributed by atoms with Crippen molar-refractivity contribution in [2.75, 3.05) is 20.3 Å². The Morgan fingerprint density at radius 2 is 2.22 bits per heavy atom. The van der Waals surface area contributed by atoms with E-state index in [1.807, 2.05) is 24.3 Å². The van der Waals surface area contributed by atoms with Crippen LogP contribution in [-0.2, 0) is 4.74 Å². The van der Waals surface area contributed by atoms with E-state index in [9.17, 15) is 0 Å². The van der Waals surface area contributed by atoms with E-state index in [2.05, 4.69) is 0 Å². The summed E-state index contributed by atoms with van der Waals surface area (Å²) in [5, 5.41) is 0. The van der Waals surface area contributed by atoms with Crippen LogP contribution in [0.3, 0.4) is 0 Å². The number of ether oxygens (including phenoxy) is 2. The van der Waals surface area contributed by atoms with Gasteiger partial charge in [-0.2, -0.15) is 0 Å². The molecular weight excluding hydrogens is 226 g/mol. The Labute approximate surface area is 109 Å². The molecular formula is C15H23NO2. The number of hydrogen-bond acceptors (Lipinski definition) is 3. The minimum absolute atomic E-state index is 0.0681. The fraction of sp³-hybridized carbons (Fsp3) is 0.600. The highest BCUT2D eigenvalue weighted by atomic mass is 16.5. The maximum Gasteiger partial charge on any atom is 0.119 e. The molecule has 1 aliphatic carbocycles. The third-order valence-corrected chi connectivity index (χ3v) is 3.71. The van der Waals surface area contributed by atoms with E-state index in [-0.39, 0.29) is 6.04 Å². The molecule has 0 aromatic heterocycles. The lowest BCUT2D eigenvalue weighted by molar-refractivity contribution is 0.0962. The van der Waals surface area contributed by atoms with Crippen LogP contribution in [0.2, 0.25) is 0 Å². The first-order chi connectivity index (χ1) is 8.79. The molecule has 1 unspecified atom stereocenters. The third kappa shape index (κ3) is 3.72. The maximum atomic E-state index is 6.10. The molecule has 1 aromatic carbocycles. The first kappa shape index (κ1) is 13.4. The molecule has 0 saturated heterocycles. The Balaban J connectivity index is 1.70. The number of nitrogens with two attached hydrogens (primary N) is 1. The summed E-state index contributed by atoms with van der Waals surface area (Å²) in [6.45, 7) is 1.42. The maximum absolute atomic E-state index is 6.10. The van der Waals surface area contributed by atoms with Gasteiger partial charge in [-0.15, -0.1) is 0 Å². The average Bonchev–Trinajstić information content (AvgIpc) is 2.36. The zero-order valence-corrected chi connectivity index (χ0v) is 11.1. The van der Waals surface area contributed by atoms with Crippen molar-refractivity contribution >= 4 is 0 Å². The molecule has 18 heavy (non-hydrogen) atoms. The molecule has 1 saturated carbocycles. The van der Waals surface area contributed by atoms with Crippen molar-refractivity contribution in [3.63, 3.8) is 0 Å². The van der Waals surface area contributed by atoms with Gasteiger partial charge in [0.1, 0.15) is 5.75 Å². The zero-order chi connectivity index (χ0) is 12.8. The Hall–Kier alpha value is -1.06. The Morgan fingerprint density at radius 3 is 2.89 bits per heavy atom. The predicted molar refractivity (Wildman–Crippen MR) is 72.7 cm³/mol. The van der Waals surface area contributed by atoms with Crippen molar-refractivity contribution in [1.29, 1.82) is 0 Å². The molecule has 3 nitrogen and oxygen atoms in total. The van der Waals surface area contributed by atoms with E-state index in [0.29, 0.717) is 6.61 Å². The van der Waals surface area contributed by atoms with Crippen LogP contribution in [0.25, 0.3) is 0 Å². The average molecular weight is 249 g/mol. The minimum Gasteiger partial charge on any atom is -0.497 e. The molecule has 1 fully saturated rings. The molecule has 1 atom stereocenters. The summed E-state index contributed by atoms with van der Waals surface area (Å²) in [6.07, 6.45) is 5.34. The van der Waals surface area contributed by atoms with E-state index in [0.717, 1.165) is 23.8 Å². The van der Waals surface area contributed by atoms with Crippen molar-refractivity contribution in [3.05, 3.63) is 29.8 Å². The lowest BCUT2D eigenvalue weighted by atomic mass is 9.83. The zero-order valence-electron chi connectivity index (χ0n) is 11.1. The first-order valence-corrected chi connectivity index (χ1v) is 6.77. The second-order valence-electron chi connectivity index (χ2n) is 5.04. The molecule has 1 aliphatic rings. The van der Waals surface area contributed by atoms with E-state index in [1.165, 1.54) is 25.7 Å². The van der Waals surface area contributed by atoms with Crippen LogP contribution in [0.5, 0.6) is 5.75 Å². The molecule has 0 amide bonds.